The van der Waals surface area contributed by atoms with Crippen molar-refractivity contribution >= 4 is 40.9 Å². The highest BCUT2D eigenvalue weighted by molar-refractivity contribution is 6.15. The summed E-state index contributed by atoms with van der Waals surface area (Å²) in [6.07, 6.45) is 0.683. The van der Waals surface area contributed by atoms with Crippen molar-refractivity contribution in [2.24, 2.45) is 0 Å². The number of hydrogen-bond donors (Lipinski definition) is 2. The Bertz CT molecular complexity index is 1600. The normalized spacial score (nSPS) is 23.4. The number of hydrogen-bond acceptors (Lipinski definition) is 7. The molecule has 6 rings (SSSR count). The summed E-state index contributed by atoms with van der Waals surface area (Å²) in [4.78, 5) is 72.4. The van der Waals surface area contributed by atoms with Gasteiger partial charge in [0.15, 0.2) is 17.1 Å². The lowest BCUT2D eigenvalue weighted by Gasteiger charge is -2.37. The smallest absolute Gasteiger partial charge is 0.322 e. The van der Waals surface area contributed by atoms with Crippen molar-refractivity contribution in [1.82, 2.24) is 25.3 Å². The van der Waals surface area contributed by atoms with Crippen LogP contribution in [0.5, 0.6) is 5.75 Å². The number of ether oxygens (including phenoxy) is 1. The Morgan fingerprint density at radius 1 is 1.07 bits per heavy atom. The first kappa shape index (κ1) is 30.3. The largest absolute Gasteiger partial charge is 0.494 e. The zero-order chi connectivity index (χ0) is 32.0. The number of carbonyl (C=O) groups is 5. The molecule has 0 aliphatic carbocycles. The van der Waals surface area contributed by atoms with E-state index in [4.69, 9.17) is 4.74 Å². The van der Waals surface area contributed by atoms with Gasteiger partial charge in [0.25, 0.3) is 11.8 Å². The molecule has 0 radical (unpaired) electrons. The lowest BCUT2D eigenvalue weighted by molar-refractivity contribution is -0.134. The lowest BCUT2D eigenvalue weighted by Crippen LogP contribution is -2.56. The van der Waals surface area contributed by atoms with Gasteiger partial charge in [0.05, 0.1) is 19.2 Å². The van der Waals surface area contributed by atoms with Crippen LogP contribution in [-0.2, 0) is 20.9 Å². The molecule has 3 fully saturated rings. The van der Waals surface area contributed by atoms with Gasteiger partial charge in [-0.1, -0.05) is 31.7 Å². The SMILES string of the molecule is C=C(c1ccc(N2C(=O)CCC2C(=O)N2CCN(CC)CC2)cc1)[C@]1(CN2Cc3ccc(OC)c(F)c3C2=O)NC(=O)NC1=O. The molecule has 2 aromatic carbocycles. The van der Waals surface area contributed by atoms with E-state index in [0.29, 0.717) is 36.3 Å². The topological polar surface area (TPSA) is 132 Å². The molecule has 1 unspecified atom stereocenters. The van der Waals surface area contributed by atoms with E-state index in [0.717, 1.165) is 19.6 Å². The quantitative estimate of drug-likeness (QED) is 0.431. The molecule has 4 aliphatic rings. The molecule has 4 heterocycles. The fourth-order valence-corrected chi connectivity index (χ4v) is 6.68. The zero-order valence-electron chi connectivity index (χ0n) is 25.2. The number of imide groups is 1. The van der Waals surface area contributed by atoms with Crippen LogP contribution in [-0.4, -0.2) is 102 Å². The van der Waals surface area contributed by atoms with Crippen molar-refractivity contribution in [2.45, 2.75) is 37.9 Å². The molecule has 12 nitrogen and oxygen atoms in total. The zero-order valence-corrected chi connectivity index (χ0v) is 25.2. The number of anilines is 1. The van der Waals surface area contributed by atoms with Crippen LogP contribution in [0.4, 0.5) is 14.9 Å². The third kappa shape index (κ3) is 5.10. The number of amides is 6. The van der Waals surface area contributed by atoms with E-state index in [1.165, 1.54) is 23.0 Å². The summed E-state index contributed by atoms with van der Waals surface area (Å²) in [7, 11) is 1.30. The molecule has 0 bridgehead atoms. The summed E-state index contributed by atoms with van der Waals surface area (Å²) in [5.41, 5.74) is -0.245. The van der Waals surface area contributed by atoms with E-state index in [1.807, 2.05) is 4.90 Å². The number of rotatable bonds is 8. The van der Waals surface area contributed by atoms with Crippen LogP contribution in [0.25, 0.3) is 5.57 Å². The number of halogens is 1. The second-order valence-electron chi connectivity index (χ2n) is 11.7. The number of methoxy groups -OCH3 is 1. The summed E-state index contributed by atoms with van der Waals surface area (Å²) in [6, 6.07) is 8.35. The molecular weight excluding hydrogens is 583 g/mol. The monoisotopic (exact) mass is 618 g/mol. The van der Waals surface area contributed by atoms with Crippen molar-refractivity contribution in [1.29, 1.82) is 0 Å². The van der Waals surface area contributed by atoms with Crippen LogP contribution in [0, 0.1) is 5.82 Å². The molecule has 2 aromatic rings. The number of nitrogens with one attached hydrogen (secondary N) is 2. The van der Waals surface area contributed by atoms with Gasteiger partial charge in [-0.25, -0.2) is 9.18 Å². The molecule has 3 saturated heterocycles. The van der Waals surface area contributed by atoms with Crippen molar-refractivity contribution < 1.29 is 33.1 Å². The highest BCUT2D eigenvalue weighted by atomic mass is 19.1. The average molecular weight is 619 g/mol. The minimum Gasteiger partial charge on any atom is -0.494 e. The number of piperazine rings is 1. The minimum absolute atomic E-state index is 0.0200. The van der Waals surface area contributed by atoms with Crippen LogP contribution in [0.2, 0.25) is 0 Å². The molecule has 0 aromatic heterocycles. The number of benzene rings is 2. The Morgan fingerprint density at radius 2 is 1.78 bits per heavy atom. The molecule has 2 atom stereocenters. The summed E-state index contributed by atoms with van der Waals surface area (Å²) in [5, 5.41) is 4.88. The molecule has 6 amide bonds. The summed E-state index contributed by atoms with van der Waals surface area (Å²) < 4.78 is 20.0. The number of fused-ring (bicyclic) bond motifs is 1. The van der Waals surface area contributed by atoms with Crippen LogP contribution in [0.1, 0.15) is 41.3 Å². The van der Waals surface area contributed by atoms with Gasteiger partial charge in [-0.15, -0.1) is 0 Å². The van der Waals surface area contributed by atoms with Crippen LogP contribution in [0.15, 0.2) is 43.0 Å². The maximum atomic E-state index is 15.0. The molecule has 13 heteroatoms. The first-order valence-corrected chi connectivity index (χ1v) is 15.0. The fourth-order valence-electron chi connectivity index (χ4n) is 6.68. The Hall–Kier alpha value is -4.78. The number of urea groups is 1. The average Bonchev–Trinajstić information content (AvgIpc) is 3.68. The Kier molecular flexibility index (Phi) is 7.81. The van der Waals surface area contributed by atoms with Gasteiger partial charge in [0.1, 0.15) is 6.04 Å². The first-order valence-electron chi connectivity index (χ1n) is 15.0. The molecule has 236 valence electrons. The highest BCUT2D eigenvalue weighted by Gasteiger charge is 2.52. The van der Waals surface area contributed by atoms with Crippen molar-refractivity contribution in [3.63, 3.8) is 0 Å². The Labute approximate surface area is 259 Å². The van der Waals surface area contributed by atoms with Crippen LogP contribution >= 0.6 is 0 Å². The molecule has 0 spiro atoms. The maximum absolute atomic E-state index is 15.0. The highest BCUT2D eigenvalue weighted by Crippen LogP contribution is 2.36. The third-order valence-corrected chi connectivity index (χ3v) is 9.28. The van der Waals surface area contributed by atoms with Gasteiger partial charge in [-0.3, -0.25) is 29.4 Å². The standard InChI is InChI=1S/C32H35FN6O6/c1-4-36-13-15-37(16-14-36)28(41)23-10-12-25(40)39(23)22-8-5-20(6-9-22)19(2)32(30(43)34-31(44)35-32)18-38-17-21-7-11-24(45-3)27(33)26(21)29(38)42/h5-9,11,23H,2,4,10,12-18H2,1,3H3,(H2,34,35,43,44)/t23?,32-/m0/s1. The molecule has 45 heavy (non-hydrogen) atoms. The van der Waals surface area contributed by atoms with Crippen molar-refractivity contribution in [3.05, 3.63) is 65.5 Å². The lowest BCUT2D eigenvalue weighted by atomic mass is 9.85. The number of likely N-dealkylation sites (N-methyl/N-ethyl adjacent to an activating group) is 1. The summed E-state index contributed by atoms with van der Waals surface area (Å²) in [5.74, 6) is -2.43. The van der Waals surface area contributed by atoms with E-state index in [1.54, 1.807) is 30.3 Å². The second kappa shape index (κ2) is 11.6. The molecule has 4 aliphatic heterocycles. The van der Waals surface area contributed by atoms with Crippen LogP contribution < -0.4 is 20.3 Å². The van der Waals surface area contributed by atoms with Gasteiger partial charge in [-0.05, 0) is 47.9 Å². The molecular formula is C32H35FN6O6. The predicted octanol–water partition coefficient (Wildman–Crippen LogP) is 1.74. The maximum Gasteiger partial charge on any atom is 0.322 e. The summed E-state index contributed by atoms with van der Waals surface area (Å²) >= 11 is 0. The van der Waals surface area contributed by atoms with Crippen molar-refractivity contribution in [2.75, 3.05) is 51.3 Å². The van der Waals surface area contributed by atoms with Gasteiger partial charge in [0.2, 0.25) is 11.8 Å². The molecule has 0 saturated carbocycles. The van der Waals surface area contributed by atoms with Gasteiger partial charge < -0.3 is 24.8 Å². The van der Waals surface area contributed by atoms with Crippen molar-refractivity contribution in [3.8, 4) is 5.75 Å². The number of carbonyl (C=O) groups excluding carboxylic acids is 5. The van der Waals surface area contributed by atoms with Gasteiger partial charge >= 0.3 is 6.03 Å². The third-order valence-electron chi connectivity index (χ3n) is 9.28. The second-order valence-corrected chi connectivity index (χ2v) is 11.7. The van der Waals surface area contributed by atoms with Crippen LogP contribution in [0.3, 0.4) is 0 Å². The molecule has 2 N–H and O–H groups in total. The fraction of sp³-hybridized carbons (Fsp3) is 0.406. The number of nitrogens with zero attached hydrogens (tertiary/aromatic N) is 4. The predicted molar refractivity (Wildman–Crippen MR) is 162 cm³/mol. The van der Waals surface area contributed by atoms with E-state index >= 15 is 0 Å². The Morgan fingerprint density at radius 3 is 2.40 bits per heavy atom. The van der Waals surface area contributed by atoms with E-state index in [2.05, 4.69) is 29.0 Å². The van der Waals surface area contributed by atoms with E-state index < -0.39 is 35.2 Å². The summed E-state index contributed by atoms with van der Waals surface area (Å²) in [6.45, 7) is 9.69. The Balaban J connectivity index is 1.23. The van der Waals surface area contributed by atoms with Gasteiger partial charge in [0, 0.05) is 44.8 Å². The van der Waals surface area contributed by atoms with Gasteiger partial charge in [-0.2, -0.15) is 0 Å². The first-order chi connectivity index (χ1) is 21.6. The van der Waals surface area contributed by atoms with E-state index in [-0.39, 0.29) is 48.2 Å². The minimum atomic E-state index is -1.74. The van der Waals surface area contributed by atoms with E-state index in [9.17, 15) is 28.4 Å².